The van der Waals surface area contributed by atoms with Crippen LogP contribution in [0.5, 0.6) is 0 Å². The number of carbonyl (C=O) groups is 3. The maximum absolute atomic E-state index is 12.7. The fraction of sp³-hybridized carbons (Fsp3) is 0.771. The van der Waals surface area contributed by atoms with E-state index in [0.717, 1.165) is 96.3 Å². The first kappa shape index (κ1) is 54.2. The predicted molar refractivity (Wildman–Crippen MR) is 232 cm³/mol. The predicted octanol–water partition coefficient (Wildman–Crippen LogP) is 10.7. The zero-order chi connectivity index (χ0) is 42.1. The highest BCUT2D eigenvalue weighted by atomic mass is 16.7. The summed E-state index contributed by atoms with van der Waals surface area (Å²) in [6, 6.07) is 0. The van der Waals surface area contributed by atoms with Crippen LogP contribution in [0.15, 0.2) is 48.6 Å². The molecular weight excluding hydrogens is 719 g/mol. The van der Waals surface area contributed by atoms with Gasteiger partial charge in [-0.3, -0.25) is 9.59 Å². The molecule has 2 atom stereocenters. The number of carbonyl (C=O) groups excluding carboxylic acids is 3. The molecule has 0 aliphatic carbocycles. The van der Waals surface area contributed by atoms with E-state index in [4.69, 9.17) is 18.9 Å². The Hall–Kier alpha value is -2.75. The zero-order valence-electron chi connectivity index (χ0n) is 37.2. The van der Waals surface area contributed by atoms with Crippen molar-refractivity contribution in [1.82, 2.24) is 0 Å². The smallest absolute Gasteiger partial charge is 0.306 e. The molecule has 0 rings (SSSR count). The van der Waals surface area contributed by atoms with Crippen LogP contribution in [0.1, 0.15) is 181 Å². The number of ether oxygens (including phenoxy) is 4. The Labute approximate surface area is 349 Å². The van der Waals surface area contributed by atoms with E-state index in [9.17, 15) is 19.5 Å². The minimum absolute atomic E-state index is 0.142. The summed E-state index contributed by atoms with van der Waals surface area (Å²) in [4.78, 5) is 36.9. The summed E-state index contributed by atoms with van der Waals surface area (Å²) in [7, 11) is 5.89. The van der Waals surface area contributed by atoms with E-state index in [1.165, 1.54) is 51.4 Å². The molecule has 9 nitrogen and oxygen atoms in total. The van der Waals surface area contributed by atoms with E-state index in [2.05, 4.69) is 62.5 Å². The lowest BCUT2D eigenvalue weighted by Gasteiger charge is -2.26. The number of likely N-dealkylation sites (N-methyl/N-ethyl adjacent to an activating group) is 1. The van der Waals surface area contributed by atoms with Crippen LogP contribution in [0.2, 0.25) is 0 Å². The average molecular weight is 804 g/mol. The van der Waals surface area contributed by atoms with Crippen LogP contribution in [0.4, 0.5) is 0 Å². The van der Waals surface area contributed by atoms with Crippen molar-refractivity contribution in [3.05, 3.63) is 48.6 Å². The second-order valence-corrected chi connectivity index (χ2v) is 16.3. The Morgan fingerprint density at radius 3 is 1.47 bits per heavy atom. The van der Waals surface area contributed by atoms with Gasteiger partial charge in [-0.1, -0.05) is 146 Å². The lowest BCUT2D eigenvalue weighted by molar-refractivity contribution is -0.870. The van der Waals surface area contributed by atoms with Gasteiger partial charge in [-0.05, 0) is 70.6 Å². The molecule has 0 fully saturated rings. The molecule has 2 unspecified atom stereocenters. The van der Waals surface area contributed by atoms with Gasteiger partial charge in [-0.15, -0.1) is 0 Å². The van der Waals surface area contributed by atoms with Gasteiger partial charge in [0.2, 0.25) is 0 Å². The molecule has 0 saturated heterocycles. The third-order valence-corrected chi connectivity index (χ3v) is 9.55. The summed E-state index contributed by atoms with van der Waals surface area (Å²) in [5.74, 6) is -2.32. The third-order valence-electron chi connectivity index (χ3n) is 9.55. The highest BCUT2D eigenvalue weighted by Crippen LogP contribution is 2.13. The van der Waals surface area contributed by atoms with Crippen LogP contribution in [0, 0.1) is 0 Å². The van der Waals surface area contributed by atoms with E-state index in [-0.39, 0.29) is 38.6 Å². The lowest BCUT2D eigenvalue weighted by Crippen LogP contribution is -2.44. The van der Waals surface area contributed by atoms with Gasteiger partial charge in [0.05, 0.1) is 40.3 Å². The van der Waals surface area contributed by atoms with Crippen LogP contribution in [0.3, 0.4) is 0 Å². The topological polar surface area (TPSA) is 111 Å². The fourth-order valence-electron chi connectivity index (χ4n) is 5.93. The van der Waals surface area contributed by atoms with Gasteiger partial charge in [0, 0.05) is 12.8 Å². The van der Waals surface area contributed by atoms with Gasteiger partial charge >= 0.3 is 11.9 Å². The molecule has 9 heteroatoms. The quantitative estimate of drug-likeness (QED) is 0.0197. The molecule has 57 heavy (non-hydrogen) atoms. The van der Waals surface area contributed by atoms with Crippen LogP contribution in [-0.2, 0) is 33.3 Å². The van der Waals surface area contributed by atoms with Crippen molar-refractivity contribution in [2.45, 2.75) is 193 Å². The number of hydrogen-bond donors (Lipinski definition) is 0. The first-order valence-electron chi connectivity index (χ1n) is 22.8. The molecule has 0 saturated carbocycles. The highest BCUT2D eigenvalue weighted by molar-refractivity contribution is 5.70. The number of hydrogen-bond acceptors (Lipinski definition) is 8. The van der Waals surface area contributed by atoms with Crippen LogP contribution >= 0.6 is 0 Å². The van der Waals surface area contributed by atoms with Gasteiger partial charge in [-0.2, -0.15) is 0 Å². The summed E-state index contributed by atoms with van der Waals surface area (Å²) in [5, 5.41) is 11.7. The van der Waals surface area contributed by atoms with Crippen molar-refractivity contribution < 1.29 is 42.9 Å². The summed E-state index contributed by atoms with van der Waals surface area (Å²) in [6.07, 6.45) is 42.8. The Kier molecular flexibility index (Phi) is 38.1. The molecular formula is C48H85NO8. The maximum atomic E-state index is 12.7. The first-order chi connectivity index (χ1) is 27.6. The number of unbranched alkanes of at least 4 members (excludes halogenated alkanes) is 18. The third kappa shape index (κ3) is 41.2. The molecule has 0 amide bonds. The summed E-state index contributed by atoms with van der Waals surface area (Å²) < 4.78 is 22.5. The Balaban J connectivity index is 4.43. The number of nitrogens with zero attached hydrogens (tertiary/aromatic N) is 1. The zero-order valence-corrected chi connectivity index (χ0v) is 37.2. The lowest BCUT2D eigenvalue weighted by atomic mass is 10.1. The summed E-state index contributed by atoms with van der Waals surface area (Å²) in [6.45, 7) is 4.65. The van der Waals surface area contributed by atoms with Gasteiger partial charge < -0.3 is 33.3 Å². The van der Waals surface area contributed by atoms with Gasteiger partial charge in [0.1, 0.15) is 13.2 Å². The van der Waals surface area contributed by atoms with Gasteiger partial charge in [-0.25, -0.2) is 0 Å². The van der Waals surface area contributed by atoms with E-state index < -0.39 is 24.3 Å². The summed E-state index contributed by atoms with van der Waals surface area (Å²) >= 11 is 0. The van der Waals surface area contributed by atoms with Crippen LogP contribution < -0.4 is 5.11 Å². The Morgan fingerprint density at radius 2 is 0.965 bits per heavy atom. The second kappa shape index (κ2) is 40.0. The van der Waals surface area contributed by atoms with Crippen LogP contribution in [-0.4, -0.2) is 82.3 Å². The number of carboxylic acids is 1. The molecule has 330 valence electrons. The highest BCUT2D eigenvalue weighted by Gasteiger charge is 2.21. The summed E-state index contributed by atoms with van der Waals surface area (Å²) in [5.41, 5.74) is 0. The molecule has 0 bridgehead atoms. The van der Waals surface area contributed by atoms with Crippen molar-refractivity contribution in [2.24, 2.45) is 0 Å². The molecule has 0 aromatic carbocycles. The number of quaternary nitrogens is 1. The standard InChI is InChI=1S/C48H85NO8/c1-6-8-10-12-14-16-18-19-20-21-22-23-24-25-26-27-29-31-33-35-37-39-46(51)57-44(43-56-48(47(52)53)54-41-40-49(3,4)5)42-55-45(50)38-36-34-32-30-28-17-15-13-11-9-7-2/h13,15,18-19,21-22,24-25,44,48H,6-12,14,16-17,20,23,26-43H2,1-5H3/b15-13-,19-18-,22-21-,25-24-. The first-order valence-corrected chi connectivity index (χ1v) is 22.8. The monoisotopic (exact) mass is 804 g/mol. The molecule has 0 aliphatic heterocycles. The van der Waals surface area contributed by atoms with Crippen molar-refractivity contribution in [3.63, 3.8) is 0 Å². The van der Waals surface area contributed by atoms with E-state index >= 15 is 0 Å². The number of aliphatic carboxylic acids is 1. The average Bonchev–Trinajstić information content (AvgIpc) is 3.17. The molecule has 0 aromatic heterocycles. The molecule has 0 N–H and O–H groups in total. The molecule has 0 aliphatic rings. The van der Waals surface area contributed by atoms with Crippen molar-refractivity contribution in [3.8, 4) is 0 Å². The molecule has 0 heterocycles. The molecule has 0 radical (unpaired) electrons. The van der Waals surface area contributed by atoms with Gasteiger partial charge in [0.25, 0.3) is 0 Å². The largest absolute Gasteiger partial charge is 0.545 e. The SMILES string of the molecule is CCCC/C=C\CCCCCCCC(=O)OCC(COC(OCC[N+](C)(C)C)C(=O)[O-])OC(=O)CCCCCCCC/C=C\C/C=C\C/C=C\CCCCCCC. The fourth-order valence-corrected chi connectivity index (χ4v) is 5.93. The normalized spacial score (nSPS) is 13.4. The minimum Gasteiger partial charge on any atom is -0.545 e. The van der Waals surface area contributed by atoms with E-state index in [0.29, 0.717) is 17.4 Å². The van der Waals surface area contributed by atoms with Crippen molar-refractivity contribution in [1.29, 1.82) is 0 Å². The number of allylic oxidation sites excluding steroid dienone is 8. The van der Waals surface area contributed by atoms with Gasteiger partial charge in [0.15, 0.2) is 12.4 Å². The van der Waals surface area contributed by atoms with E-state index in [1.54, 1.807) is 0 Å². The van der Waals surface area contributed by atoms with Crippen LogP contribution in [0.25, 0.3) is 0 Å². The number of rotatable bonds is 41. The molecule has 0 spiro atoms. The minimum atomic E-state index is -1.63. The molecule has 0 aromatic rings. The second-order valence-electron chi connectivity index (χ2n) is 16.3. The van der Waals surface area contributed by atoms with E-state index in [1.807, 2.05) is 21.1 Å². The van der Waals surface area contributed by atoms with Crippen molar-refractivity contribution in [2.75, 3.05) is 47.5 Å². The maximum Gasteiger partial charge on any atom is 0.306 e. The Bertz CT molecular complexity index is 1080. The van der Waals surface area contributed by atoms with Crippen molar-refractivity contribution >= 4 is 17.9 Å². The number of esters is 2. The Morgan fingerprint density at radius 1 is 0.526 bits per heavy atom. The number of carboxylic acid groups (broad SMARTS) is 1.